The molecule has 0 aromatic carbocycles. The maximum atomic E-state index is 11.6. The smallest absolute Gasteiger partial charge is 0.383 e. The number of aryl methyl sites for hydroxylation is 1. The lowest BCUT2D eigenvalue weighted by Gasteiger charge is -2.35. The molecule has 2 unspecified atom stereocenters. The maximum Gasteiger partial charge on any atom is 0.481 e. The van der Waals surface area contributed by atoms with E-state index in [1.165, 1.54) is 13.1 Å². The molecule has 1 aliphatic heterocycles. The number of rotatable bonds is 10. The molecule has 0 bridgehead atoms. The van der Waals surface area contributed by atoms with E-state index in [2.05, 4.69) is 23.7 Å². The van der Waals surface area contributed by atoms with E-state index in [1.54, 1.807) is 18.7 Å². The van der Waals surface area contributed by atoms with Crippen LogP contribution in [-0.2, 0) is 29.4 Å². The molecule has 176 valence electrons. The first-order valence-corrected chi connectivity index (χ1v) is 12.6. The fraction of sp³-hybridized carbons (Fsp3) is 0.571. The van der Waals surface area contributed by atoms with Crippen LogP contribution in [0, 0.1) is 6.92 Å². The van der Waals surface area contributed by atoms with Crippen LogP contribution in [0.15, 0.2) is 16.8 Å². The van der Waals surface area contributed by atoms with Crippen LogP contribution < -0.4 is 5.73 Å². The molecule has 31 heavy (non-hydrogen) atoms. The molecule has 2 rings (SSSR count). The minimum atomic E-state index is -5.22. The molecule has 1 aliphatic rings. The zero-order chi connectivity index (χ0) is 23.6. The summed E-state index contributed by atoms with van der Waals surface area (Å²) in [5, 5.41) is 18.8. The molecule has 3 atom stereocenters. The van der Waals surface area contributed by atoms with Gasteiger partial charge in [-0.2, -0.15) is 4.31 Å². The van der Waals surface area contributed by atoms with E-state index in [-0.39, 0.29) is 18.8 Å². The standard InChI is InChI=1S/C14H24N4O10P2S/c1-8-11(4-5-26-30(24,25)28-29(21,22)23)31-13(14(3,19)27-20)18(8)7-10-6-16-9(2)17-12(10)15/h6,13,19-20H,4-5,7H2,1-3H3,(H,24,25)(H2,15,16,17)(H2,21,22,23)/t13?,14-/m0/s1. The van der Waals surface area contributed by atoms with Crippen molar-refractivity contribution in [1.29, 1.82) is 0 Å². The molecular weight excluding hydrogens is 478 g/mol. The summed E-state index contributed by atoms with van der Waals surface area (Å²) in [6.07, 6.45) is 1.56. The third-order valence-electron chi connectivity index (χ3n) is 4.17. The Kier molecular flexibility index (Phi) is 8.28. The number of phosphoric acid groups is 2. The van der Waals surface area contributed by atoms with Gasteiger partial charge in [-0.25, -0.2) is 29.2 Å². The molecule has 1 aromatic rings. The quantitative estimate of drug-likeness (QED) is 0.115. The van der Waals surface area contributed by atoms with Gasteiger partial charge in [0.2, 0.25) is 5.79 Å². The second-order valence-electron chi connectivity index (χ2n) is 6.70. The molecule has 2 heterocycles. The number of nitrogens with two attached hydrogens (primary N) is 1. The van der Waals surface area contributed by atoms with E-state index in [1.807, 2.05) is 0 Å². The van der Waals surface area contributed by atoms with Crippen LogP contribution in [-0.4, -0.2) is 57.7 Å². The maximum absolute atomic E-state index is 11.6. The zero-order valence-corrected chi connectivity index (χ0v) is 19.4. The molecule has 17 heteroatoms. The first kappa shape index (κ1) is 26.2. The van der Waals surface area contributed by atoms with Crippen LogP contribution in [0.5, 0.6) is 0 Å². The normalized spacial score (nSPS) is 21.3. The Morgan fingerprint density at radius 2 is 1.97 bits per heavy atom. The van der Waals surface area contributed by atoms with Gasteiger partial charge in [0.25, 0.3) is 0 Å². The van der Waals surface area contributed by atoms with Gasteiger partial charge in [-0.1, -0.05) is 11.8 Å². The number of hydrogen-bond acceptors (Lipinski definition) is 12. The predicted octanol–water partition coefficient (Wildman–Crippen LogP) is 1.29. The molecule has 0 spiro atoms. The summed E-state index contributed by atoms with van der Waals surface area (Å²) in [4.78, 5) is 41.3. The van der Waals surface area contributed by atoms with Gasteiger partial charge < -0.3 is 30.4 Å². The average molecular weight is 502 g/mol. The summed E-state index contributed by atoms with van der Waals surface area (Å²) in [5.74, 6) is -1.29. The summed E-state index contributed by atoms with van der Waals surface area (Å²) >= 11 is 1.09. The van der Waals surface area contributed by atoms with Gasteiger partial charge in [-0.05, 0) is 20.8 Å². The molecule has 1 aromatic heterocycles. The van der Waals surface area contributed by atoms with Crippen molar-refractivity contribution >= 4 is 33.2 Å². The third-order valence-corrected chi connectivity index (χ3v) is 8.05. The second-order valence-corrected chi connectivity index (χ2v) is 10.7. The first-order chi connectivity index (χ1) is 14.1. The number of thioether (sulfide) groups is 1. The van der Waals surface area contributed by atoms with Gasteiger partial charge in [-0.15, -0.1) is 0 Å². The molecule has 0 fully saturated rings. The van der Waals surface area contributed by atoms with E-state index in [9.17, 15) is 19.1 Å². The highest BCUT2D eigenvalue weighted by molar-refractivity contribution is 8.03. The second kappa shape index (κ2) is 9.81. The highest BCUT2D eigenvalue weighted by Crippen LogP contribution is 2.57. The van der Waals surface area contributed by atoms with Gasteiger partial charge in [0, 0.05) is 35.3 Å². The Morgan fingerprint density at radius 3 is 2.52 bits per heavy atom. The molecule has 14 nitrogen and oxygen atoms in total. The summed E-state index contributed by atoms with van der Waals surface area (Å²) in [5.41, 5.74) is 7.11. The highest BCUT2D eigenvalue weighted by Gasteiger charge is 2.44. The third kappa shape index (κ3) is 7.20. The van der Waals surface area contributed by atoms with E-state index in [4.69, 9.17) is 20.8 Å². The Morgan fingerprint density at radius 1 is 1.32 bits per heavy atom. The fourth-order valence-corrected chi connectivity index (χ4v) is 5.70. The molecule has 0 saturated heterocycles. The molecule has 0 radical (unpaired) electrons. The number of hydrogen-bond donors (Lipinski definition) is 6. The van der Waals surface area contributed by atoms with Gasteiger partial charge >= 0.3 is 15.6 Å². The Hall–Kier alpha value is -1.09. The Balaban J connectivity index is 2.19. The van der Waals surface area contributed by atoms with Crippen LogP contribution in [0.4, 0.5) is 5.82 Å². The largest absolute Gasteiger partial charge is 0.481 e. The van der Waals surface area contributed by atoms with Crippen molar-refractivity contribution in [1.82, 2.24) is 14.9 Å². The first-order valence-electron chi connectivity index (χ1n) is 8.65. The lowest BCUT2D eigenvalue weighted by Crippen LogP contribution is -2.47. The summed E-state index contributed by atoms with van der Waals surface area (Å²) in [6, 6.07) is 0. The molecule has 0 saturated carbocycles. The van der Waals surface area contributed by atoms with Crippen LogP contribution in [0.1, 0.15) is 31.7 Å². The van der Waals surface area contributed by atoms with Crippen LogP contribution in [0.2, 0.25) is 0 Å². The van der Waals surface area contributed by atoms with Crippen molar-refractivity contribution in [3.05, 3.63) is 28.2 Å². The number of aromatic nitrogens is 2. The van der Waals surface area contributed by atoms with Crippen molar-refractivity contribution in [2.45, 2.75) is 44.9 Å². The van der Waals surface area contributed by atoms with Crippen molar-refractivity contribution in [2.75, 3.05) is 12.3 Å². The van der Waals surface area contributed by atoms with Crippen LogP contribution >= 0.6 is 27.4 Å². The van der Waals surface area contributed by atoms with Crippen molar-refractivity contribution < 1.29 is 47.9 Å². The molecular formula is C14H24N4O10P2S. The number of anilines is 1. The fourth-order valence-electron chi connectivity index (χ4n) is 2.73. The summed E-state index contributed by atoms with van der Waals surface area (Å²) < 4.78 is 30.6. The Bertz CT molecular complexity index is 940. The monoisotopic (exact) mass is 502 g/mol. The van der Waals surface area contributed by atoms with Crippen LogP contribution in [0.3, 0.4) is 0 Å². The van der Waals surface area contributed by atoms with E-state index < -0.39 is 33.4 Å². The lowest BCUT2D eigenvalue weighted by molar-refractivity contribution is -0.391. The van der Waals surface area contributed by atoms with E-state index in [0.717, 1.165) is 11.8 Å². The topological polar surface area (TPSA) is 218 Å². The SMILES string of the molecule is CC1=C(CCOP(=O)(O)OP(=O)(O)O)SC([C@@](C)(O)OO)N1Cc1cnc(C)nc1N. The van der Waals surface area contributed by atoms with E-state index in [0.29, 0.717) is 22.0 Å². The minimum Gasteiger partial charge on any atom is -0.383 e. The highest BCUT2D eigenvalue weighted by atomic mass is 32.2. The van der Waals surface area contributed by atoms with E-state index >= 15 is 0 Å². The number of phosphoric ester groups is 1. The summed E-state index contributed by atoms with van der Waals surface area (Å²) in [7, 11) is -10.2. The molecule has 7 N–H and O–H groups in total. The minimum absolute atomic E-state index is 0.0277. The number of nitrogen functional groups attached to an aromatic ring is 1. The number of allylic oxidation sites excluding steroid dienone is 1. The predicted molar refractivity (Wildman–Crippen MR) is 109 cm³/mol. The molecule has 0 aliphatic carbocycles. The Labute approximate surface area is 181 Å². The van der Waals surface area contributed by atoms with Gasteiger partial charge in [0.05, 0.1) is 6.61 Å². The number of nitrogens with zero attached hydrogens (tertiary/aromatic N) is 3. The van der Waals surface area contributed by atoms with Gasteiger partial charge in [0.1, 0.15) is 17.0 Å². The van der Waals surface area contributed by atoms with Gasteiger partial charge in [0.15, 0.2) is 0 Å². The average Bonchev–Trinajstić information content (AvgIpc) is 2.92. The summed E-state index contributed by atoms with van der Waals surface area (Å²) in [6.45, 7) is 4.35. The van der Waals surface area contributed by atoms with Crippen LogP contribution in [0.25, 0.3) is 0 Å². The number of aliphatic hydroxyl groups is 1. The zero-order valence-electron chi connectivity index (χ0n) is 16.8. The molecule has 0 amide bonds. The van der Waals surface area contributed by atoms with Crippen molar-refractivity contribution in [2.24, 2.45) is 0 Å². The van der Waals surface area contributed by atoms with Gasteiger partial charge in [-0.3, -0.25) is 4.52 Å². The lowest BCUT2D eigenvalue weighted by atomic mass is 10.2. The van der Waals surface area contributed by atoms with Crippen molar-refractivity contribution in [3.8, 4) is 0 Å². The van der Waals surface area contributed by atoms with Crippen molar-refractivity contribution in [3.63, 3.8) is 0 Å².